The molecule has 1 fully saturated rings. The van der Waals surface area contributed by atoms with Gasteiger partial charge >= 0.3 is 0 Å². The summed E-state index contributed by atoms with van der Waals surface area (Å²) in [5.41, 5.74) is 7.06. The van der Waals surface area contributed by atoms with Crippen molar-refractivity contribution >= 4 is 11.6 Å². The van der Waals surface area contributed by atoms with Crippen LogP contribution in [-0.2, 0) is 11.3 Å². The zero-order valence-electron chi connectivity index (χ0n) is 12.2. The number of aromatic nitrogens is 1. The van der Waals surface area contributed by atoms with Crippen LogP contribution in [0.25, 0.3) is 0 Å². The molecule has 1 saturated heterocycles. The summed E-state index contributed by atoms with van der Waals surface area (Å²) in [5.74, 6) is -0.0500. The van der Waals surface area contributed by atoms with Crippen LogP contribution >= 0.6 is 0 Å². The summed E-state index contributed by atoms with van der Waals surface area (Å²) >= 11 is 0. The third-order valence-electron chi connectivity index (χ3n) is 3.64. The van der Waals surface area contributed by atoms with Gasteiger partial charge in [-0.05, 0) is 38.2 Å². The highest BCUT2D eigenvalue weighted by molar-refractivity contribution is 5.93. The van der Waals surface area contributed by atoms with Crippen LogP contribution in [0.2, 0.25) is 0 Å². The quantitative estimate of drug-likeness (QED) is 0.838. The Hall–Kier alpha value is -1.49. The number of rotatable bonds is 6. The zero-order chi connectivity index (χ0) is 14.4. The Kier molecular flexibility index (Phi) is 5.47. The van der Waals surface area contributed by atoms with Crippen LogP contribution in [0, 0.1) is 0 Å². The summed E-state index contributed by atoms with van der Waals surface area (Å²) < 4.78 is 7.57. The predicted molar refractivity (Wildman–Crippen MR) is 79.7 cm³/mol. The zero-order valence-corrected chi connectivity index (χ0v) is 12.2. The molecule has 0 spiro atoms. The van der Waals surface area contributed by atoms with Gasteiger partial charge in [0.25, 0.3) is 5.91 Å². The molecule has 0 radical (unpaired) electrons. The van der Waals surface area contributed by atoms with Crippen molar-refractivity contribution < 1.29 is 9.53 Å². The van der Waals surface area contributed by atoms with Crippen LogP contribution in [-0.4, -0.2) is 29.7 Å². The van der Waals surface area contributed by atoms with E-state index in [-0.39, 0.29) is 5.91 Å². The predicted octanol–water partition coefficient (Wildman–Crippen LogP) is 2.17. The highest BCUT2D eigenvalue weighted by atomic mass is 16.5. The Morgan fingerprint density at radius 1 is 1.55 bits per heavy atom. The number of amides is 1. The standard InChI is InChI=1S/C15H25N3O2/c1-2-8-18-11-12(16)10-14(18)15(19)17-7-6-13-5-3-4-9-20-13/h10-11,13H,2-9,16H2,1H3,(H,17,19). The van der Waals surface area contributed by atoms with Crippen molar-refractivity contribution in [2.24, 2.45) is 0 Å². The van der Waals surface area contributed by atoms with Gasteiger partial charge in [0.2, 0.25) is 0 Å². The number of hydrogen-bond acceptors (Lipinski definition) is 3. The molecule has 2 rings (SSSR count). The molecular weight excluding hydrogens is 254 g/mol. The first-order valence-electron chi connectivity index (χ1n) is 7.56. The van der Waals surface area contributed by atoms with E-state index < -0.39 is 0 Å². The van der Waals surface area contributed by atoms with E-state index in [4.69, 9.17) is 10.5 Å². The summed E-state index contributed by atoms with van der Waals surface area (Å²) in [5, 5.41) is 2.96. The Morgan fingerprint density at radius 2 is 2.40 bits per heavy atom. The molecule has 5 heteroatoms. The molecule has 1 amide bonds. The average Bonchev–Trinajstić information content (AvgIpc) is 2.81. The highest BCUT2D eigenvalue weighted by Crippen LogP contribution is 2.15. The van der Waals surface area contributed by atoms with E-state index in [9.17, 15) is 4.79 Å². The van der Waals surface area contributed by atoms with Gasteiger partial charge in [-0.25, -0.2) is 0 Å². The minimum Gasteiger partial charge on any atom is -0.397 e. The van der Waals surface area contributed by atoms with Crippen molar-refractivity contribution in [1.82, 2.24) is 9.88 Å². The normalized spacial score (nSPS) is 18.9. The largest absolute Gasteiger partial charge is 0.397 e. The van der Waals surface area contributed by atoms with Gasteiger partial charge in [0.15, 0.2) is 0 Å². The maximum Gasteiger partial charge on any atom is 0.267 e. The van der Waals surface area contributed by atoms with Gasteiger partial charge in [-0.1, -0.05) is 6.92 Å². The number of nitrogens with one attached hydrogen (secondary N) is 1. The Bertz CT molecular complexity index is 436. The van der Waals surface area contributed by atoms with E-state index in [0.29, 0.717) is 24.0 Å². The van der Waals surface area contributed by atoms with Crippen molar-refractivity contribution in [2.45, 2.75) is 51.7 Å². The van der Waals surface area contributed by atoms with Gasteiger partial charge in [0, 0.05) is 25.9 Å². The van der Waals surface area contributed by atoms with Crippen LogP contribution < -0.4 is 11.1 Å². The molecular formula is C15H25N3O2. The number of nitrogen functional groups attached to an aromatic ring is 1. The number of anilines is 1. The van der Waals surface area contributed by atoms with Crippen molar-refractivity contribution in [1.29, 1.82) is 0 Å². The van der Waals surface area contributed by atoms with Crippen LogP contribution in [0.4, 0.5) is 5.69 Å². The molecule has 1 atom stereocenters. The van der Waals surface area contributed by atoms with Crippen molar-refractivity contribution in [3.63, 3.8) is 0 Å². The van der Waals surface area contributed by atoms with Gasteiger partial charge in [-0.15, -0.1) is 0 Å². The maximum atomic E-state index is 12.2. The lowest BCUT2D eigenvalue weighted by atomic mass is 10.1. The minimum atomic E-state index is -0.0500. The Labute approximate surface area is 120 Å². The molecule has 112 valence electrons. The second-order valence-electron chi connectivity index (χ2n) is 5.39. The van der Waals surface area contributed by atoms with Crippen LogP contribution in [0.3, 0.4) is 0 Å². The fraction of sp³-hybridized carbons (Fsp3) is 0.667. The lowest BCUT2D eigenvalue weighted by Crippen LogP contribution is -2.30. The van der Waals surface area contributed by atoms with Gasteiger partial charge in [-0.2, -0.15) is 0 Å². The van der Waals surface area contributed by atoms with Crippen molar-refractivity contribution in [3.05, 3.63) is 18.0 Å². The Morgan fingerprint density at radius 3 is 3.10 bits per heavy atom. The molecule has 0 aliphatic carbocycles. The summed E-state index contributed by atoms with van der Waals surface area (Å²) in [6.45, 7) is 4.40. The van der Waals surface area contributed by atoms with E-state index in [1.807, 2.05) is 10.8 Å². The average molecular weight is 279 g/mol. The minimum absolute atomic E-state index is 0.0500. The maximum absolute atomic E-state index is 12.2. The molecule has 1 aromatic heterocycles. The fourth-order valence-corrected chi connectivity index (χ4v) is 2.62. The van der Waals surface area contributed by atoms with E-state index in [1.54, 1.807) is 6.07 Å². The van der Waals surface area contributed by atoms with Gasteiger partial charge in [0.1, 0.15) is 5.69 Å². The first kappa shape index (κ1) is 14.9. The fourth-order valence-electron chi connectivity index (χ4n) is 2.62. The van der Waals surface area contributed by atoms with E-state index in [1.165, 1.54) is 6.42 Å². The summed E-state index contributed by atoms with van der Waals surface area (Å²) in [4.78, 5) is 12.2. The van der Waals surface area contributed by atoms with Gasteiger partial charge < -0.3 is 20.4 Å². The molecule has 1 aliphatic rings. The number of hydrogen-bond donors (Lipinski definition) is 2. The first-order valence-corrected chi connectivity index (χ1v) is 7.56. The monoisotopic (exact) mass is 279 g/mol. The van der Waals surface area contributed by atoms with Crippen molar-refractivity contribution in [2.75, 3.05) is 18.9 Å². The molecule has 0 aromatic carbocycles. The third kappa shape index (κ3) is 4.00. The van der Waals surface area contributed by atoms with Crippen LogP contribution in [0.5, 0.6) is 0 Å². The number of carbonyl (C=O) groups excluding carboxylic acids is 1. The molecule has 0 saturated carbocycles. The van der Waals surface area contributed by atoms with Crippen LogP contribution in [0.15, 0.2) is 12.3 Å². The molecule has 3 N–H and O–H groups in total. The second-order valence-corrected chi connectivity index (χ2v) is 5.39. The van der Waals surface area contributed by atoms with Gasteiger partial charge in [0.05, 0.1) is 11.8 Å². The molecule has 1 unspecified atom stereocenters. The smallest absolute Gasteiger partial charge is 0.267 e. The highest BCUT2D eigenvalue weighted by Gasteiger charge is 2.15. The lowest BCUT2D eigenvalue weighted by Gasteiger charge is -2.22. The Balaban J connectivity index is 1.81. The lowest BCUT2D eigenvalue weighted by molar-refractivity contribution is 0.0117. The SMILES string of the molecule is CCCn1cc(N)cc1C(=O)NCCC1CCCCO1. The number of nitrogens with zero attached hydrogens (tertiary/aromatic N) is 1. The van der Waals surface area contributed by atoms with E-state index >= 15 is 0 Å². The van der Waals surface area contributed by atoms with Crippen LogP contribution in [0.1, 0.15) is 49.5 Å². The van der Waals surface area contributed by atoms with Crippen molar-refractivity contribution in [3.8, 4) is 0 Å². The summed E-state index contributed by atoms with van der Waals surface area (Å²) in [6.07, 6.45) is 7.48. The molecule has 1 aliphatic heterocycles. The second kappa shape index (κ2) is 7.33. The first-order chi connectivity index (χ1) is 9.70. The number of nitrogens with two attached hydrogens (primary N) is 1. The summed E-state index contributed by atoms with van der Waals surface area (Å²) in [7, 11) is 0. The topological polar surface area (TPSA) is 69.3 Å². The number of aryl methyl sites for hydroxylation is 1. The summed E-state index contributed by atoms with van der Waals surface area (Å²) in [6, 6.07) is 1.74. The van der Waals surface area contributed by atoms with Gasteiger partial charge in [-0.3, -0.25) is 4.79 Å². The van der Waals surface area contributed by atoms with E-state index in [0.717, 1.165) is 38.8 Å². The molecule has 0 bridgehead atoms. The molecule has 1 aromatic rings. The molecule has 20 heavy (non-hydrogen) atoms. The van der Waals surface area contributed by atoms with E-state index in [2.05, 4.69) is 12.2 Å². The molecule has 2 heterocycles. The third-order valence-corrected chi connectivity index (χ3v) is 3.64. The number of carbonyl (C=O) groups is 1. The molecule has 5 nitrogen and oxygen atoms in total. The number of ether oxygens (including phenoxy) is 1.